The lowest BCUT2D eigenvalue weighted by Gasteiger charge is -2.33. The second-order valence-electron chi connectivity index (χ2n) is 7.45. The Labute approximate surface area is 178 Å². The molecule has 2 aromatic rings. The fraction of sp³-hybridized carbons (Fsp3) is 0.421. The Bertz CT molecular complexity index is 992. The van der Waals surface area contributed by atoms with Crippen molar-refractivity contribution in [2.45, 2.75) is 43.2 Å². The molecule has 1 aromatic heterocycles. The molecule has 3 N–H and O–H groups in total. The van der Waals surface area contributed by atoms with E-state index in [1.165, 1.54) is 29.5 Å². The highest BCUT2D eigenvalue weighted by atomic mass is 35.5. The first kappa shape index (κ1) is 22.2. The van der Waals surface area contributed by atoms with E-state index in [4.69, 9.17) is 11.6 Å². The number of hydrogen-bond acceptors (Lipinski definition) is 6. The van der Waals surface area contributed by atoms with E-state index in [2.05, 4.69) is 0 Å². The summed E-state index contributed by atoms with van der Waals surface area (Å²) in [5.41, 5.74) is 2.35. The fourth-order valence-corrected chi connectivity index (χ4v) is 6.68. The molecule has 0 spiro atoms. The monoisotopic (exact) mass is 458 g/mol. The van der Waals surface area contributed by atoms with Crippen molar-refractivity contribution in [3.63, 3.8) is 0 Å². The summed E-state index contributed by atoms with van der Waals surface area (Å²) >= 11 is 7.30. The van der Waals surface area contributed by atoms with Gasteiger partial charge in [0.25, 0.3) is 5.91 Å². The van der Waals surface area contributed by atoms with Crippen LogP contribution in [0.5, 0.6) is 0 Å². The molecule has 0 unspecified atom stereocenters. The van der Waals surface area contributed by atoms with Crippen molar-refractivity contribution < 1.29 is 23.5 Å². The normalized spacial score (nSPS) is 22.9. The maximum absolute atomic E-state index is 13.5. The summed E-state index contributed by atoms with van der Waals surface area (Å²) < 4.78 is 27.9. The van der Waals surface area contributed by atoms with Crippen molar-refractivity contribution >= 4 is 38.9 Å². The molecule has 29 heavy (non-hydrogen) atoms. The molecular weight excluding hydrogens is 436 g/mol. The Morgan fingerprint density at radius 1 is 1.38 bits per heavy atom. The predicted molar refractivity (Wildman–Crippen MR) is 111 cm³/mol. The number of benzene rings is 1. The highest BCUT2D eigenvalue weighted by Crippen LogP contribution is 2.42. The molecule has 0 radical (unpaired) electrons. The molecule has 10 heteroatoms. The Morgan fingerprint density at radius 2 is 2.10 bits per heavy atom. The van der Waals surface area contributed by atoms with Gasteiger partial charge in [0.1, 0.15) is 12.1 Å². The van der Waals surface area contributed by atoms with Crippen LogP contribution in [0.4, 0.5) is 0 Å². The molecule has 1 aliphatic rings. The van der Waals surface area contributed by atoms with Crippen LogP contribution in [0.1, 0.15) is 42.7 Å². The summed E-state index contributed by atoms with van der Waals surface area (Å²) in [4.78, 5) is 13.3. The van der Waals surface area contributed by atoms with Crippen LogP contribution in [0.2, 0.25) is 5.02 Å². The van der Waals surface area contributed by atoms with Crippen LogP contribution in [0, 0.1) is 5.92 Å². The number of amides is 1. The van der Waals surface area contributed by atoms with E-state index in [0.29, 0.717) is 11.3 Å². The highest BCUT2D eigenvalue weighted by molar-refractivity contribution is 7.89. The molecule has 1 aromatic carbocycles. The highest BCUT2D eigenvalue weighted by Gasteiger charge is 2.46. The van der Waals surface area contributed by atoms with E-state index < -0.39 is 34.0 Å². The van der Waals surface area contributed by atoms with Gasteiger partial charge in [-0.2, -0.15) is 4.31 Å². The zero-order valence-corrected chi connectivity index (χ0v) is 18.3. The van der Waals surface area contributed by atoms with E-state index in [1.807, 2.05) is 25.3 Å². The number of halogens is 1. The number of carbonyl (C=O) groups excluding carboxylic acids is 1. The zero-order chi connectivity index (χ0) is 21.3. The molecule has 0 saturated carbocycles. The van der Waals surface area contributed by atoms with E-state index in [9.17, 15) is 23.5 Å². The number of nitrogens with zero attached hydrogens (tertiary/aromatic N) is 1. The summed E-state index contributed by atoms with van der Waals surface area (Å²) in [5.74, 6) is -1.23. The quantitative estimate of drug-likeness (QED) is 0.471. The molecule has 158 valence electrons. The molecule has 1 amide bonds. The van der Waals surface area contributed by atoms with Gasteiger partial charge < -0.3 is 5.11 Å². The number of β-amino-alcohol motifs (C(OH)–C–C–N with tert-alkyl or cyclic N) is 1. The van der Waals surface area contributed by atoms with E-state index in [-0.39, 0.29) is 22.4 Å². The maximum atomic E-state index is 13.5. The first-order valence-corrected chi connectivity index (χ1v) is 11.8. The minimum atomic E-state index is -4.19. The summed E-state index contributed by atoms with van der Waals surface area (Å²) in [6.45, 7) is 3.63. The molecule has 0 fully saturated rings. The number of thiophene rings is 1. The largest absolute Gasteiger partial charge is 0.386 e. The summed E-state index contributed by atoms with van der Waals surface area (Å²) in [6, 6.07) is 6.33. The third-order valence-corrected chi connectivity index (χ3v) is 8.09. The van der Waals surface area contributed by atoms with Gasteiger partial charge in [-0.3, -0.25) is 10.0 Å². The van der Waals surface area contributed by atoms with Gasteiger partial charge >= 0.3 is 0 Å². The van der Waals surface area contributed by atoms with Crippen molar-refractivity contribution in [2.24, 2.45) is 5.92 Å². The number of carbonyl (C=O) groups is 1. The number of rotatable bonds is 5. The third-order valence-electron chi connectivity index (χ3n) is 4.98. The number of nitrogens with one attached hydrogen (secondary N) is 1. The van der Waals surface area contributed by atoms with E-state index in [0.717, 1.165) is 9.87 Å². The lowest BCUT2D eigenvalue weighted by molar-refractivity contribution is -0.134. The van der Waals surface area contributed by atoms with Gasteiger partial charge in [-0.05, 0) is 47.5 Å². The second-order valence-corrected chi connectivity index (χ2v) is 10.7. The van der Waals surface area contributed by atoms with Gasteiger partial charge in [-0.25, -0.2) is 13.9 Å². The summed E-state index contributed by atoms with van der Waals surface area (Å²) in [7, 11) is -4.19. The number of fused-ring (bicyclic) bond motifs is 1. The topological polar surface area (TPSA) is 107 Å². The van der Waals surface area contributed by atoms with E-state index >= 15 is 0 Å². The predicted octanol–water partition coefficient (Wildman–Crippen LogP) is 3.14. The van der Waals surface area contributed by atoms with Gasteiger partial charge in [0.15, 0.2) is 0 Å². The molecule has 3 rings (SSSR count). The minimum absolute atomic E-state index is 0.0820. The standard InChI is InChI=1S/C19H23ClN2O5S2/c1-11(2)8-15-14-6-7-28-18(14)16(23)10-22(17(15)19(24)21-25)29(26,27)13-5-3-4-12(20)9-13/h3-7,9,11,15-17,23,25H,8,10H2,1-2H3,(H,21,24)/t15-,16-,17+/m0/s1. The fourth-order valence-electron chi connectivity index (χ4n) is 3.80. The number of aliphatic hydroxyl groups excluding tert-OH is 1. The molecule has 3 atom stereocenters. The Morgan fingerprint density at radius 3 is 2.72 bits per heavy atom. The zero-order valence-electron chi connectivity index (χ0n) is 15.9. The molecule has 0 saturated heterocycles. The number of hydroxylamine groups is 1. The van der Waals surface area contributed by atoms with E-state index in [1.54, 1.807) is 11.5 Å². The summed E-state index contributed by atoms with van der Waals surface area (Å²) in [6.07, 6.45) is -0.596. The molecule has 7 nitrogen and oxygen atoms in total. The molecule has 1 aliphatic heterocycles. The van der Waals surface area contributed by atoms with Crippen LogP contribution in [0.25, 0.3) is 0 Å². The molecule has 2 heterocycles. The van der Waals surface area contributed by atoms with Gasteiger partial charge in [0.05, 0.1) is 4.90 Å². The first-order valence-electron chi connectivity index (χ1n) is 9.13. The summed E-state index contributed by atoms with van der Waals surface area (Å²) in [5, 5.41) is 22.2. The van der Waals surface area contributed by atoms with Crippen LogP contribution in [0.3, 0.4) is 0 Å². The van der Waals surface area contributed by atoms with Crippen LogP contribution in [-0.4, -0.2) is 41.5 Å². The Kier molecular flexibility index (Phi) is 6.67. The molecule has 0 aliphatic carbocycles. The smallest absolute Gasteiger partial charge is 0.262 e. The van der Waals surface area contributed by atoms with Crippen molar-refractivity contribution in [2.75, 3.05) is 6.54 Å². The molecular formula is C19H23ClN2O5S2. The average Bonchev–Trinajstić information content (AvgIpc) is 3.11. The lowest BCUT2D eigenvalue weighted by Crippen LogP contribution is -2.52. The van der Waals surface area contributed by atoms with Gasteiger partial charge in [-0.1, -0.05) is 31.5 Å². The number of sulfonamides is 1. The van der Waals surface area contributed by atoms with Gasteiger partial charge in [0, 0.05) is 22.4 Å². The average molecular weight is 459 g/mol. The lowest BCUT2D eigenvalue weighted by atomic mass is 9.84. The Balaban J connectivity index is 2.19. The van der Waals surface area contributed by atoms with Crippen molar-refractivity contribution in [1.29, 1.82) is 0 Å². The van der Waals surface area contributed by atoms with Gasteiger partial charge in [0.2, 0.25) is 10.0 Å². The molecule has 0 bridgehead atoms. The SMILES string of the molecule is CC(C)C[C@H]1c2ccsc2[C@@H](O)CN(S(=O)(=O)c2cccc(Cl)c2)[C@H]1C(=O)NO. The van der Waals surface area contributed by atoms with Crippen molar-refractivity contribution in [1.82, 2.24) is 9.79 Å². The third kappa shape index (κ3) is 4.35. The van der Waals surface area contributed by atoms with Crippen LogP contribution < -0.4 is 5.48 Å². The van der Waals surface area contributed by atoms with Gasteiger partial charge in [-0.15, -0.1) is 11.3 Å². The Hall–Kier alpha value is -1.49. The maximum Gasteiger partial charge on any atom is 0.262 e. The second kappa shape index (κ2) is 8.71. The number of hydrogen-bond donors (Lipinski definition) is 3. The van der Waals surface area contributed by atoms with Crippen LogP contribution >= 0.6 is 22.9 Å². The van der Waals surface area contributed by atoms with Crippen LogP contribution in [0.15, 0.2) is 40.6 Å². The van der Waals surface area contributed by atoms with Crippen LogP contribution in [-0.2, 0) is 14.8 Å². The minimum Gasteiger partial charge on any atom is -0.386 e. The van der Waals surface area contributed by atoms with Crippen molar-refractivity contribution in [3.8, 4) is 0 Å². The van der Waals surface area contributed by atoms with Crippen molar-refractivity contribution in [3.05, 3.63) is 51.2 Å². The first-order chi connectivity index (χ1) is 13.7. The number of aliphatic hydroxyl groups is 1.